The van der Waals surface area contributed by atoms with E-state index in [0.29, 0.717) is 18.0 Å². The summed E-state index contributed by atoms with van der Waals surface area (Å²) in [6.07, 6.45) is 2.50. The second-order valence-corrected chi connectivity index (χ2v) is 4.62. The SMILES string of the molecule is COc1ccc([N+](=O)[O-])c(NCCN2CCCC2)c1. The van der Waals surface area contributed by atoms with Crippen LogP contribution in [0, 0.1) is 10.1 Å². The number of nitrogens with one attached hydrogen (secondary N) is 1. The van der Waals surface area contributed by atoms with Gasteiger partial charge in [0.25, 0.3) is 5.69 Å². The lowest BCUT2D eigenvalue weighted by Gasteiger charge is -2.15. The van der Waals surface area contributed by atoms with Gasteiger partial charge in [0.1, 0.15) is 11.4 Å². The summed E-state index contributed by atoms with van der Waals surface area (Å²) in [5.74, 6) is 0.620. The molecule has 0 radical (unpaired) electrons. The number of hydrogen-bond acceptors (Lipinski definition) is 5. The molecule has 19 heavy (non-hydrogen) atoms. The van der Waals surface area contributed by atoms with E-state index in [2.05, 4.69) is 10.2 Å². The first-order chi connectivity index (χ1) is 9.20. The van der Waals surface area contributed by atoms with Crippen molar-refractivity contribution in [2.75, 3.05) is 38.6 Å². The number of anilines is 1. The van der Waals surface area contributed by atoms with Gasteiger partial charge in [-0.25, -0.2) is 0 Å². The standard InChI is InChI=1S/C13H19N3O3/c1-19-11-4-5-13(16(17)18)12(10-11)14-6-9-15-7-2-3-8-15/h4-5,10,14H,2-3,6-9H2,1H3. The highest BCUT2D eigenvalue weighted by Gasteiger charge is 2.15. The molecular formula is C13H19N3O3. The number of nitro groups is 1. The number of methoxy groups -OCH3 is 1. The van der Waals surface area contributed by atoms with Crippen LogP contribution in [-0.2, 0) is 0 Å². The smallest absolute Gasteiger partial charge is 0.292 e. The van der Waals surface area contributed by atoms with Crippen LogP contribution in [0.2, 0.25) is 0 Å². The van der Waals surface area contributed by atoms with E-state index >= 15 is 0 Å². The topological polar surface area (TPSA) is 67.6 Å². The van der Waals surface area contributed by atoms with Crippen LogP contribution in [0.1, 0.15) is 12.8 Å². The van der Waals surface area contributed by atoms with Crippen LogP contribution in [0.25, 0.3) is 0 Å². The normalized spacial score (nSPS) is 15.4. The summed E-state index contributed by atoms with van der Waals surface area (Å²) in [5.41, 5.74) is 0.603. The summed E-state index contributed by atoms with van der Waals surface area (Å²) in [6, 6.07) is 4.74. The Morgan fingerprint density at radius 2 is 2.16 bits per heavy atom. The quantitative estimate of drug-likeness (QED) is 0.630. The van der Waals surface area contributed by atoms with Gasteiger partial charge in [0.05, 0.1) is 12.0 Å². The maximum absolute atomic E-state index is 11.0. The summed E-state index contributed by atoms with van der Waals surface area (Å²) in [4.78, 5) is 12.9. The van der Waals surface area contributed by atoms with Crippen LogP contribution < -0.4 is 10.1 Å². The van der Waals surface area contributed by atoms with Gasteiger partial charge in [0, 0.05) is 25.2 Å². The van der Waals surface area contributed by atoms with Crippen LogP contribution in [-0.4, -0.2) is 43.1 Å². The van der Waals surface area contributed by atoms with Crippen molar-refractivity contribution in [3.8, 4) is 5.75 Å². The predicted octanol–water partition coefficient (Wildman–Crippen LogP) is 2.11. The molecule has 0 amide bonds. The Morgan fingerprint density at radius 1 is 1.42 bits per heavy atom. The van der Waals surface area contributed by atoms with E-state index in [1.807, 2.05) is 0 Å². The second kappa shape index (κ2) is 6.38. The van der Waals surface area contributed by atoms with Crippen LogP contribution in [0.4, 0.5) is 11.4 Å². The fraction of sp³-hybridized carbons (Fsp3) is 0.538. The van der Waals surface area contributed by atoms with Crippen LogP contribution >= 0.6 is 0 Å². The fourth-order valence-corrected chi connectivity index (χ4v) is 2.30. The molecule has 0 bridgehead atoms. The predicted molar refractivity (Wildman–Crippen MR) is 73.8 cm³/mol. The molecule has 1 aliphatic rings. The molecule has 1 saturated heterocycles. The van der Waals surface area contributed by atoms with Gasteiger partial charge in [0.2, 0.25) is 0 Å². The average molecular weight is 265 g/mol. The third-order valence-electron chi connectivity index (χ3n) is 3.34. The Hall–Kier alpha value is -1.82. The zero-order valence-corrected chi connectivity index (χ0v) is 11.1. The molecule has 0 aliphatic carbocycles. The molecule has 0 spiro atoms. The highest BCUT2D eigenvalue weighted by atomic mass is 16.6. The number of rotatable bonds is 6. The second-order valence-electron chi connectivity index (χ2n) is 4.62. The maximum Gasteiger partial charge on any atom is 0.292 e. The lowest BCUT2D eigenvalue weighted by atomic mass is 10.2. The van der Waals surface area contributed by atoms with Gasteiger partial charge in [0.15, 0.2) is 0 Å². The average Bonchev–Trinajstić information content (AvgIpc) is 2.91. The molecule has 104 valence electrons. The lowest BCUT2D eigenvalue weighted by molar-refractivity contribution is -0.384. The molecule has 6 nitrogen and oxygen atoms in total. The maximum atomic E-state index is 11.0. The van der Waals surface area contributed by atoms with Crippen molar-refractivity contribution in [1.82, 2.24) is 4.90 Å². The molecule has 1 N–H and O–H groups in total. The molecule has 2 rings (SSSR count). The molecule has 1 aliphatic heterocycles. The number of likely N-dealkylation sites (tertiary alicyclic amines) is 1. The van der Waals surface area contributed by atoms with Crippen LogP contribution in [0.3, 0.4) is 0 Å². The number of ether oxygens (including phenoxy) is 1. The van der Waals surface area contributed by atoms with Crippen LogP contribution in [0.15, 0.2) is 18.2 Å². The molecular weight excluding hydrogens is 246 g/mol. The van der Waals surface area contributed by atoms with Crippen molar-refractivity contribution >= 4 is 11.4 Å². The van der Waals surface area contributed by atoms with Crippen LogP contribution in [0.5, 0.6) is 5.75 Å². The highest BCUT2D eigenvalue weighted by Crippen LogP contribution is 2.28. The zero-order valence-electron chi connectivity index (χ0n) is 11.1. The van der Waals surface area contributed by atoms with Gasteiger partial charge in [-0.3, -0.25) is 10.1 Å². The number of nitrogens with zero attached hydrogens (tertiary/aromatic N) is 2. The number of hydrogen-bond donors (Lipinski definition) is 1. The Balaban J connectivity index is 1.98. The molecule has 0 saturated carbocycles. The van der Waals surface area contributed by atoms with E-state index in [1.165, 1.54) is 18.9 Å². The monoisotopic (exact) mass is 265 g/mol. The Bertz CT molecular complexity index is 445. The molecule has 0 unspecified atom stereocenters. The third-order valence-corrected chi connectivity index (χ3v) is 3.34. The van der Waals surface area contributed by atoms with Gasteiger partial charge >= 0.3 is 0 Å². The van der Waals surface area contributed by atoms with Crippen molar-refractivity contribution < 1.29 is 9.66 Å². The Morgan fingerprint density at radius 3 is 2.79 bits per heavy atom. The van der Waals surface area contributed by atoms with E-state index < -0.39 is 0 Å². The van der Waals surface area contributed by atoms with Crippen molar-refractivity contribution in [2.45, 2.75) is 12.8 Å². The van der Waals surface area contributed by atoms with Gasteiger partial charge in [-0.2, -0.15) is 0 Å². The molecule has 1 fully saturated rings. The van der Waals surface area contributed by atoms with Crippen molar-refractivity contribution in [3.05, 3.63) is 28.3 Å². The molecule has 0 aromatic heterocycles. The summed E-state index contributed by atoms with van der Waals surface area (Å²) < 4.78 is 5.10. The van der Waals surface area contributed by atoms with Gasteiger partial charge in [-0.05, 0) is 32.0 Å². The van der Waals surface area contributed by atoms with Crippen molar-refractivity contribution in [1.29, 1.82) is 0 Å². The molecule has 1 aromatic rings. The van der Waals surface area contributed by atoms with E-state index in [-0.39, 0.29) is 10.6 Å². The van der Waals surface area contributed by atoms with Gasteiger partial charge in [-0.15, -0.1) is 0 Å². The first-order valence-corrected chi connectivity index (χ1v) is 6.49. The fourth-order valence-electron chi connectivity index (χ4n) is 2.30. The minimum atomic E-state index is -0.377. The summed E-state index contributed by atoms with van der Waals surface area (Å²) in [5, 5.41) is 14.1. The largest absolute Gasteiger partial charge is 0.497 e. The minimum Gasteiger partial charge on any atom is -0.497 e. The highest BCUT2D eigenvalue weighted by molar-refractivity contribution is 5.64. The van der Waals surface area contributed by atoms with Gasteiger partial charge < -0.3 is 15.0 Å². The summed E-state index contributed by atoms with van der Waals surface area (Å²) in [7, 11) is 1.55. The molecule has 6 heteroatoms. The Labute approximate surface area is 112 Å². The third kappa shape index (κ3) is 3.57. The number of benzene rings is 1. The molecule has 1 aromatic carbocycles. The zero-order chi connectivity index (χ0) is 13.7. The van der Waals surface area contributed by atoms with Crippen molar-refractivity contribution in [3.63, 3.8) is 0 Å². The first-order valence-electron chi connectivity index (χ1n) is 6.49. The van der Waals surface area contributed by atoms with E-state index in [4.69, 9.17) is 4.74 Å². The first kappa shape index (κ1) is 13.6. The van der Waals surface area contributed by atoms with E-state index in [1.54, 1.807) is 19.2 Å². The lowest BCUT2D eigenvalue weighted by Crippen LogP contribution is -2.26. The number of nitro benzene ring substituents is 1. The summed E-state index contributed by atoms with van der Waals surface area (Å²) >= 11 is 0. The summed E-state index contributed by atoms with van der Waals surface area (Å²) in [6.45, 7) is 3.87. The van der Waals surface area contributed by atoms with E-state index in [0.717, 1.165) is 19.6 Å². The minimum absolute atomic E-state index is 0.0854. The van der Waals surface area contributed by atoms with Gasteiger partial charge in [-0.1, -0.05) is 0 Å². The van der Waals surface area contributed by atoms with Crippen molar-refractivity contribution in [2.24, 2.45) is 0 Å². The molecule has 0 atom stereocenters. The Kier molecular flexibility index (Phi) is 4.57. The molecule has 1 heterocycles. The van der Waals surface area contributed by atoms with E-state index in [9.17, 15) is 10.1 Å².